The molecule has 2 aromatic carbocycles. The van der Waals surface area contributed by atoms with Crippen molar-refractivity contribution < 1.29 is 54.2 Å². The largest absolute Gasteiger partial charge is 0.465 e. The number of halogens is 8. The van der Waals surface area contributed by atoms with Gasteiger partial charge in [-0.05, 0) is 0 Å². The maximum Gasteiger partial charge on any atom is 0.344 e. The Morgan fingerprint density at radius 3 is 1.00 bits per heavy atom. The minimum absolute atomic E-state index is 0.652. The van der Waals surface area contributed by atoms with Crippen molar-refractivity contribution >= 4 is 23.7 Å². The first-order valence-electron chi connectivity index (χ1n) is 7.05. The highest BCUT2D eigenvalue weighted by molar-refractivity contribution is 7.99. The fourth-order valence-electron chi connectivity index (χ4n) is 2.07. The smallest absolute Gasteiger partial charge is 0.344 e. The van der Waals surface area contributed by atoms with Gasteiger partial charge in [0.2, 0.25) is 0 Å². The maximum atomic E-state index is 14.1. The number of carbonyl (C=O) groups is 2. The normalized spacial score (nSPS) is 10.8. The molecule has 0 aliphatic heterocycles. The summed E-state index contributed by atoms with van der Waals surface area (Å²) in [5.41, 5.74) is -3.54. The quantitative estimate of drug-likeness (QED) is 0.393. The molecule has 0 spiro atoms. The van der Waals surface area contributed by atoms with Crippen molar-refractivity contribution in [2.75, 3.05) is 14.2 Å². The molecule has 0 saturated heterocycles. The predicted octanol–water partition coefficient (Wildman–Crippen LogP) is 4.52. The lowest BCUT2D eigenvalue weighted by atomic mass is 10.1. The van der Waals surface area contributed by atoms with E-state index in [1.54, 1.807) is 0 Å². The van der Waals surface area contributed by atoms with Crippen LogP contribution >= 0.6 is 11.8 Å². The molecule has 0 aliphatic carbocycles. The Balaban J connectivity index is 2.73. The van der Waals surface area contributed by atoms with Gasteiger partial charge in [-0.2, -0.15) is 0 Å². The van der Waals surface area contributed by atoms with Crippen molar-refractivity contribution in [2.24, 2.45) is 0 Å². The number of rotatable bonds is 4. The van der Waals surface area contributed by atoms with E-state index in [1.165, 1.54) is 0 Å². The van der Waals surface area contributed by atoms with Gasteiger partial charge in [0.15, 0.2) is 46.5 Å². The lowest BCUT2D eigenvalue weighted by Gasteiger charge is -2.13. The Hall–Kier alpha value is -2.83. The molecule has 0 radical (unpaired) electrons. The Kier molecular flexibility index (Phi) is 6.40. The molecule has 0 amide bonds. The van der Waals surface area contributed by atoms with Crippen LogP contribution < -0.4 is 0 Å². The van der Waals surface area contributed by atoms with Gasteiger partial charge in [-0.25, -0.2) is 44.7 Å². The molecule has 4 nitrogen and oxygen atoms in total. The molecule has 0 atom stereocenters. The summed E-state index contributed by atoms with van der Waals surface area (Å²) in [5, 5.41) is 0. The van der Waals surface area contributed by atoms with Gasteiger partial charge in [-0.1, -0.05) is 11.8 Å². The van der Waals surface area contributed by atoms with Gasteiger partial charge in [0, 0.05) is 0 Å². The summed E-state index contributed by atoms with van der Waals surface area (Å²) in [6.07, 6.45) is 0. The zero-order valence-electron chi connectivity index (χ0n) is 14.1. The van der Waals surface area contributed by atoms with Crippen molar-refractivity contribution in [1.82, 2.24) is 0 Å². The van der Waals surface area contributed by atoms with Gasteiger partial charge in [0.05, 0.1) is 24.0 Å². The Morgan fingerprint density at radius 2 is 0.793 bits per heavy atom. The molecule has 0 bridgehead atoms. The monoisotopic (exact) mass is 446 g/mol. The van der Waals surface area contributed by atoms with Crippen LogP contribution in [-0.2, 0) is 9.47 Å². The first-order chi connectivity index (χ1) is 13.5. The molecule has 2 aromatic rings. The van der Waals surface area contributed by atoms with Crippen LogP contribution in [0.2, 0.25) is 0 Å². The van der Waals surface area contributed by atoms with E-state index in [0.29, 0.717) is 14.2 Å². The lowest BCUT2D eigenvalue weighted by molar-refractivity contribution is 0.0577. The molecular weight excluding hydrogens is 440 g/mol. The maximum absolute atomic E-state index is 14.1. The summed E-state index contributed by atoms with van der Waals surface area (Å²) in [6, 6.07) is 0. The number of hydrogen-bond acceptors (Lipinski definition) is 5. The summed E-state index contributed by atoms with van der Waals surface area (Å²) in [5.74, 6) is -21.8. The van der Waals surface area contributed by atoms with Gasteiger partial charge in [0.1, 0.15) is 11.1 Å². The van der Waals surface area contributed by atoms with E-state index in [1.807, 2.05) is 0 Å². The molecule has 0 saturated carbocycles. The lowest BCUT2D eigenvalue weighted by Crippen LogP contribution is -2.14. The molecule has 13 heteroatoms. The number of hydrogen-bond donors (Lipinski definition) is 0. The standard InChI is InChI=1S/C16H6F8O4S/c1-27-15(25)3-5(17)9(21)13(10(22)6(3)18)29-14-11(23)7(19)4(16(26)28-2)8(20)12(14)24/h1-2H3. The zero-order valence-corrected chi connectivity index (χ0v) is 14.9. The number of benzene rings is 2. The van der Waals surface area contributed by atoms with Crippen LogP contribution in [-0.4, -0.2) is 26.2 Å². The van der Waals surface area contributed by atoms with Gasteiger partial charge < -0.3 is 9.47 Å². The van der Waals surface area contributed by atoms with Crippen LogP contribution in [0.4, 0.5) is 35.1 Å². The second-order valence-corrected chi connectivity index (χ2v) is 6.03. The van der Waals surface area contributed by atoms with Crippen molar-refractivity contribution in [1.29, 1.82) is 0 Å². The zero-order chi connectivity index (χ0) is 22.2. The first kappa shape index (κ1) is 22.5. The third-order valence-electron chi connectivity index (χ3n) is 3.43. The van der Waals surface area contributed by atoms with Gasteiger partial charge in [0.25, 0.3) is 0 Å². The van der Waals surface area contributed by atoms with Crippen molar-refractivity contribution in [3.8, 4) is 0 Å². The molecule has 0 heterocycles. The topological polar surface area (TPSA) is 52.6 Å². The van der Waals surface area contributed by atoms with E-state index >= 15 is 0 Å². The van der Waals surface area contributed by atoms with Crippen LogP contribution in [0.3, 0.4) is 0 Å². The first-order valence-corrected chi connectivity index (χ1v) is 7.87. The van der Waals surface area contributed by atoms with E-state index in [-0.39, 0.29) is 0 Å². The molecular formula is C16H6F8O4S. The molecule has 0 unspecified atom stereocenters. The molecule has 0 aromatic heterocycles. The number of methoxy groups -OCH3 is 2. The highest BCUT2D eigenvalue weighted by Crippen LogP contribution is 2.40. The minimum Gasteiger partial charge on any atom is -0.465 e. The summed E-state index contributed by atoms with van der Waals surface area (Å²) in [7, 11) is 1.30. The third kappa shape index (κ3) is 3.61. The summed E-state index contributed by atoms with van der Waals surface area (Å²) >= 11 is -0.757. The van der Waals surface area contributed by atoms with Crippen molar-refractivity contribution in [3.05, 3.63) is 57.7 Å². The second-order valence-electron chi connectivity index (χ2n) is 5.01. The molecule has 0 fully saturated rings. The molecule has 156 valence electrons. The van der Waals surface area contributed by atoms with Gasteiger partial charge in [-0.15, -0.1) is 0 Å². The number of carbonyl (C=O) groups excluding carboxylic acids is 2. The Bertz CT molecular complexity index is 901. The second kappa shape index (κ2) is 8.27. The van der Waals surface area contributed by atoms with Crippen LogP contribution in [0.1, 0.15) is 20.7 Å². The predicted molar refractivity (Wildman–Crippen MR) is 79.4 cm³/mol. The summed E-state index contributed by atoms with van der Waals surface area (Å²) in [6.45, 7) is 0. The third-order valence-corrected chi connectivity index (χ3v) is 4.55. The molecule has 29 heavy (non-hydrogen) atoms. The molecule has 0 N–H and O–H groups in total. The number of ether oxygens (including phenoxy) is 2. The number of esters is 2. The van der Waals surface area contributed by atoms with Gasteiger partial charge >= 0.3 is 11.9 Å². The molecule has 0 aliphatic rings. The fraction of sp³-hybridized carbons (Fsp3) is 0.125. The van der Waals surface area contributed by atoms with E-state index < -0.39 is 91.2 Å². The van der Waals surface area contributed by atoms with Crippen LogP contribution in [0.25, 0.3) is 0 Å². The summed E-state index contributed by atoms with van der Waals surface area (Å²) < 4.78 is 120. The Morgan fingerprint density at radius 1 is 0.552 bits per heavy atom. The average Bonchev–Trinajstić information content (AvgIpc) is 2.70. The average molecular weight is 446 g/mol. The van der Waals surface area contributed by atoms with E-state index in [9.17, 15) is 44.7 Å². The van der Waals surface area contributed by atoms with E-state index in [0.717, 1.165) is 0 Å². The van der Waals surface area contributed by atoms with Crippen molar-refractivity contribution in [3.63, 3.8) is 0 Å². The van der Waals surface area contributed by atoms with Crippen LogP contribution in [0.5, 0.6) is 0 Å². The van der Waals surface area contributed by atoms with E-state index in [2.05, 4.69) is 9.47 Å². The van der Waals surface area contributed by atoms with E-state index in [4.69, 9.17) is 0 Å². The van der Waals surface area contributed by atoms with Crippen molar-refractivity contribution in [2.45, 2.75) is 9.79 Å². The SMILES string of the molecule is COC(=O)c1c(F)c(F)c(Sc2c(F)c(F)c(C(=O)OC)c(F)c2F)c(F)c1F. The highest BCUT2D eigenvalue weighted by atomic mass is 32.2. The van der Waals surface area contributed by atoms with Gasteiger partial charge in [-0.3, -0.25) is 0 Å². The van der Waals surface area contributed by atoms with Crippen LogP contribution in [0.15, 0.2) is 9.79 Å². The minimum atomic E-state index is -2.29. The Labute approximate surface area is 160 Å². The molecule has 2 rings (SSSR count). The highest BCUT2D eigenvalue weighted by Gasteiger charge is 2.34. The fourth-order valence-corrected chi connectivity index (χ4v) is 2.99. The van der Waals surface area contributed by atoms with Crippen LogP contribution in [0, 0.1) is 46.5 Å². The summed E-state index contributed by atoms with van der Waals surface area (Å²) in [4.78, 5) is 19.0.